The standard InChI is InChI=1S/C28H39N3O3S/c1-20(2)34-17-5-14-29-28(33)23-12-15-31(16-13-23)19-27(32)30-24-8-10-25(11-9-24)35-26-18-21(3)6-7-22(26)4/h6-11,18,20,23H,5,12-17,19H2,1-4H3,(H,29,33)(H,30,32). The highest BCUT2D eigenvalue weighted by Crippen LogP contribution is 2.31. The summed E-state index contributed by atoms with van der Waals surface area (Å²) in [4.78, 5) is 29.5. The number of nitrogens with zero attached hydrogens (tertiary/aromatic N) is 1. The fourth-order valence-electron chi connectivity index (χ4n) is 4.05. The van der Waals surface area contributed by atoms with Crippen LogP contribution in [-0.2, 0) is 14.3 Å². The topological polar surface area (TPSA) is 70.7 Å². The molecule has 0 aromatic heterocycles. The first-order chi connectivity index (χ1) is 16.8. The van der Waals surface area contributed by atoms with Crippen molar-refractivity contribution in [2.45, 2.75) is 62.9 Å². The number of nitrogens with one attached hydrogen (secondary N) is 2. The van der Waals surface area contributed by atoms with Crippen LogP contribution in [0.1, 0.15) is 44.2 Å². The lowest BCUT2D eigenvalue weighted by molar-refractivity contribution is -0.126. The fraction of sp³-hybridized carbons (Fsp3) is 0.500. The number of amides is 2. The molecule has 1 aliphatic heterocycles. The highest BCUT2D eigenvalue weighted by Gasteiger charge is 2.25. The van der Waals surface area contributed by atoms with Gasteiger partial charge in [0.25, 0.3) is 0 Å². The van der Waals surface area contributed by atoms with E-state index in [0.29, 0.717) is 19.7 Å². The quantitative estimate of drug-likeness (QED) is 0.426. The number of carbonyl (C=O) groups excluding carboxylic acids is 2. The van der Waals surface area contributed by atoms with Gasteiger partial charge >= 0.3 is 0 Å². The van der Waals surface area contributed by atoms with Gasteiger partial charge in [-0.1, -0.05) is 23.9 Å². The molecule has 6 nitrogen and oxygen atoms in total. The number of likely N-dealkylation sites (tertiary alicyclic amines) is 1. The fourth-order valence-corrected chi connectivity index (χ4v) is 5.05. The van der Waals surface area contributed by atoms with Crippen LogP contribution in [0.25, 0.3) is 0 Å². The predicted octanol–water partition coefficient (Wildman–Crippen LogP) is 5.04. The molecule has 35 heavy (non-hydrogen) atoms. The molecule has 2 N–H and O–H groups in total. The van der Waals surface area contributed by atoms with Crippen molar-refractivity contribution in [3.05, 3.63) is 53.6 Å². The number of rotatable bonds is 11. The molecule has 0 aliphatic carbocycles. The van der Waals surface area contributed by atoms with E-state index in [2.05, 4.69) is 47.6 Å². The number of ether oxygens (including phenoxy) is 1. The first kappa shape index (κ1) is 27.2. The molecule has 2 aromatic carbocycles. The molecule has 2 amide bonds. The van der Waals surface area contributed by atoms with Crippen LogP contribution in [0.5, 0.6) is 0 Å². The zero-order valence-corrected chi connectivity index (χ0v) is 22.2. The molecular formula is C28H39N3O3S. The maximum atomic E-state index is 12.6. The zero-order chi connectivity index (χ0) is 25.2. The SMILES string of the molecule is Cc1ccc(C)c(Sc2ccc(NC(=O)CN3CCC(C(=O)NCCCOC(C)C)CC3)cc2)c1. The van der Waals surface area contributed by atoms with E-state index in [1.165, 1.54) is 16.0 Å². The van der Waals surface area contributed by atoms with Crippen molar-refractivity contribution in [1.29, 1.82) is 0 Å². The van der Waals surface area contributed by atoms with Crippen LogP contribution in [0.15, 0.2) is 52.3 Å². The minimum atomic E-state index is -0.0204. The van der Waals surface area contributed by atoms with Crippen LogP contribution in [0.3, 0.4) is 0 Å². The van der Waals surface area contributed by atoms with E-state index >= 15 is 0 Å². The molecule has 1 fully saturated rings. The Morgan fingerprint density at radius 3 is 2.49 bits per heavy atom. The molecule has 0 saturated carbocycles. The molecule has 1 aliphatic rings. The number of anilines is 1. The minimum absolute atomic E-state index is 0.0204. The van der Waals surface area contributed by atoms with Gasteiger partial charge in [-0.3, -0.25) is 14.5 Å². The molecule has 1 saturated heterocycles. The van der Waals surface area contributed by atoms with E-state index in [1.807, 2.05) is 38.1 Å². The summed E-state index contributed by atoms with van der Waals surface area (Å²) in [5, 5.41) is 6.02. The van der Waals surface area contributed by atoms with Crippen molar-refractivity contribution in [2.24, 2.45) is 5.92 Å². The molecule has 0 unspecified atom stereocenters. The Hall–Kier alpha value is -2.35. The zero-order valence-electron chi connectivity index (χ0n) is 21.4. The third kappa shape index (κ3) is 9.32. The average molecular weight is 498 g/mol. The lowest BCUT2D eigenvalue weighted by Crippen LogP contribution is -2.43. The summed E-state index contributed by atoms with van der Waals surface area (Å²) in [6.45, 7) is 11.4. The first-order valence-electron chi connectivity index (χ1n) is 12.6. The first-order valence-corrected chi connectivity index (χ1v) is 13.4. The average Bonchev–Trinajstić information content (AvgIpc) is 2.82. The Morgan fingerprint density at radius 2 is 1.80 bits per heavy atom. The summed E-state index contributed by atoms with van der Waals surface area (Å²) < 4.78 is 5.50. The van der Waals surface area contributed by atoms with Crippen LogP contribution in [0.4, 0.5) is 5.69 Å². The van der Waals surface area contributed by atoms with Gasteiger partial charge in [0.2, 0.25) is 11.8 Å². The molecular weight excluding hydrogens is 458 g/mol. The van der Waals surface area contributed by atoms with Gasteiger partial charge in [0.15, 0.2) is 0 Å². The van der Waals surface area contributed by atoms with Gasteiger partial charge < -0.3 is 15.4 Å². The van der Waals surface area contributed by atoms with Crippen molar-refractivity contribution in [3.8, 4) is 0 Å². The molecule has 2 aromatic rings. The number of hydrogen-bond acceptors (Lipinski definition) is 5. The van der Waals surface area contributed by atoms with E-state index in [4.69, 9.17) is 4.74 Å². The van der Waals surface area contributed by atoms with Crippen LogP contribution in [-0.4, -0.2) is 55.6 Å². The Balaban J connectivity index is 1.36. The molecule has 0 radical (unpaired) electrons. The summed E-state index contributed by atoms with van der Waals surface area (Å²) in [6.07, 6.45) is 2.62. The number of carbonyl (C=O) groups is 2. The molecule has 0 spiro atoms. The number of aryl methyl sites for hydroxylation is 2. The van der Waals surface area contributed by atoms with Crippen molar-refractivity contribution in [2.75, 3.05) is 38.1 Å². The summed E-state index contributed by atoms with van der Waals surface area (Å²) >= 11 is 1.74. The third-order valence-corrected chi connectivity index (χ3v) is 7.27. The molecule has 7 heteroatoms. The summed E-state index contributed by atoms with van der Waals surface area (Å²) in [7, 11) is 0. The summed E-state index contributed by atoms with van der Waals surface area (Å²) in [6, 6.07) is 14.5. The van der Waals surface area contributed by atoms with Gasteiger partial charge in [0.05, 0.1) is 12.6 Å². The van der Waals surface area contributed by atoms with E-state index in [1.54, 1.807) is 11.8 Å². The molecule has 3 rings (SSSR count). The van der Waals surface area contributed by atoms with Gasteiger partial charge in [-0.15, -0.1) is 0 Å². The Kier molecular flexibility index (Phi) is 10.6. The van der Waals surface area contributed by atoms with Gasteiger partial charge in [0.1, 0.15) is 0 Å². The lowest BCUT2D eigenvalue weighted by Gasteiger charge is -2.30. The second-order valence-corrected chi connectivity index (χ2v) is 10.7. The summed E-state index contributed by atoms with van der Waals surface area (Å²) in [5.41, 5.74) is 3.31. The Labute approximate surface area is 214 Å². The van der Waals surface area contributed by atoms with Crippen molar-refractivity contribution in [3.63, 3.8) is 0 Å². The van der Waals surface area contributed by atoms with Gasteiger partial charge in [-0.2, -0.15) is 0 Å². The van der Waals surface area contributed by atoms with E-state index in [-0.39, 0.29) is 23.8 Å². The molecule has 190 valence electrons. The van der Waals surface area contributed by atoms with Crippen LogP contribution < -0.4 is 10.6 Å². The molecule has 0 atom stereocenters. The number of hydrogen-bond donors (Lipinski definition) is 2. The second kappa shape index (κ2) is 13.7. The number of benzene rings is 2. The van der Waals surface area contributed by atoms with Crippen molar-refractivity contribution < 1.29 is 14.3 Å². The van der Waals surface area contributed by atoms with Crippen molar-refractivity contribution in [1.82, 2.24) is 10.2 Å². The van der Waals surface area contributed by atoms with Crippen LogP contribution in [0.2, 0.25) is 0 Å². The third-order valence-electron chi connectivity index (χ3n) is 6.11. The maximum Gasteiger partial charge on any atom is 0.238 e. The minimum Gasteiger partial charge on any atom is -0.379 e. The predicted molar refractivity (Wildman–Crippen MR) is 143 cm³/mol. The van der Waals surface area contributed by atoms with Crippen LogP contribution in [0, 0.1) is 19.8 Å². The normalized spacial score (nSPS) is 14.8. The Morgan fingerprint density at radius 1 is 1.09 bits per heavy atom. The summed E-state index contributed by atoms with van der Waals surface area (Å²) in [5.74, 6) is 0.132. The van der Waals surface area contributed by atoms with Gasteiger partial charge in [0, 0.05) is 34.5 Å². The van der Waals surface area contributed by atoms with E-state index in [0.717, 1.165) is 42.9 Å². The van der Waals surface area contributed by atoms with Crippen molar-refractivity contribution >= 4 is 29.3 Å². The second-order valence-electron chi connectivity index (χ2n) is 9.56. The number of piperidine rings is 1. The Bertz CT molecular complexity index is 970. The largest absolute Gasteiger partial charge is 0.379 e. The highest BCUT2D eigenvalue weighted by molar-refractivity contribution is 7.99. The van der Waals surface area contributed by atoms with E-state index < -0.39 is 0 Å². The maximum absolute atomic E-state index is 12.6. The smallest absolute Gasteiger partial charge is 0.238 e. The van der Waals surface area contributed by atoms with Crippen LogP contribution >= 0.6 is 11.8 Å². The van der Waals surface area contributed by atoms with Gasteiger partial charge in [-0.05, 0) is 102 Å². The molecule has 0 bridgehead atoms. The lowest BCUT2D eigenvalue weighted by atomic mass is 9.96. The van der Waals surface area contributed by atoms with E-state index in [9.17, 15) is 9.59 Å². The van der Waals surface area contributed by atoms with Gasteiger partial charge in [-0.25, -0.2) is 0 Å². The monoisotopic (exact) mass is 497 g/mol. The highest BCUT2D eigenvalue weighted by atomic mass is 32.2. The molecule has 1 heterocycles.